The minimum Gasteiger partial charge on any atom is -0.353 e. The molecule has 2 aromatic rings. The number of nitrogens with one attached hydrogen (secondary N) is 1. The van der Waals surface area contributed by atoms with Crippen molar-refractivity contribution in [3.63, 3.8) is 0 Å². The van der Waals surface area contributed by atoms with Gasteiger partial charge in [0.15, 0.2) is 0 Å². The Morgan fingerprint density at radius 2 is 1.92 bits per heavy atom. The molecule has 1 aliphatic rings. The Hall–Kier alpha value is -1.91. The number of carbonyl (C=O) groups is 1. The summed E-state index contributed by atoms with van der Waals surface area (Å²) in [5.74, 6) is -0.0681. The number of carbonyl (C=O) groups excluding carboxylic acids is 1. The first kappa shape index (κ1) is 18.9. The number of aryl methyl sites for hydroxylation is 1. The van der Waals surface area contributed by atoms with Gasteiger partial charge in [-0.1, -0.05) is 41.9 Å². The van der Waals surface area contributed by atoms with Crippen molar-refractivity contribution in [2.45, 2.75) is 38.3 Å². The van der Waals surface area contributed by atoms with Crippen LogP contribution in [-0.4, -0.2) is 29.9 Å². The van der Waals surface area contributed by atoms with E-state index in [1.165, 1.54) is 6.07 Å². The second-order valence-electron chi connectivity index (χ2n) is 6.84. The fourth-order valence-corrected chi connectivity index (χ4v) is 3.57. The van der Waals surface area contributed by atoms with E-state index in [0.29, 0.717) is 24.4 Å². The van der Waals surface area contributed by atoms with Gasteiger partial charge in [0, 0.05) is 42.7 Å². The summed E-state index contributed by atoms with van der Waals surface area (Å²) in [6.45, 7) is 2.36. The second-order valence-corrected chi connectivity index (χ2v) is 7.28. The second kappa shape index (κ2) is 9.15. The third kappa shape index (κ3) is 5.55. The van der Waals surface area contributed by atoms with Gasteiger partial charge in [0.05, 0.1) is 0 Å². The first-order valence-corrected chi connectivity index (χ1v) is 9.47. The summed E-state index contributed by atoms with van der Waals surface area (Å²) in [5.41, 5.74) is 1.81. The lowest BCUT2D eigenvalue weighted by atomic mass is 10.0. The van der Waals surface area contributed by atoms with E-state index in [0.717, 1.165) is 37.1 Å². The van der Waals surface area contributed by atoms with E-state index < -0.39 is 0 Å². The lowest BCUT2D eigenvalue weighted by Crippen LogP contribution is -2.44. The maximum Gasteiger partial charge on any atom is 0.220 e. The standard InChI is InChI=1S/C21H24ClFN2O/c22-18-6-3-4-16(14-18)8-9-21(26)24-19-10-12-25(13-11-19)15-17-5-1-2-7-20(17)23/h1-7,14,19H,8-13,15H2,(H,24,26). The van der Waals surface area contributed by atoms with Crippen LogP contribution in [0.25, 0.3) is 0 Å². The molecule has 138 valence electrons. The molecule has 1 heterocycles. The molecule has 0 aliphatic carbocycles. The van der Waals surface area contributed by atoms with Crippen molar-refractivity contribution in [2.24, 2.45) is 0 Å². The molecule has 26 heavy (non-hydrogen) atoms. The summed E-state index contributed by atoms with van der Waals surface area (Å²) in [6.07, 6.45) is 2.96. The van der Waals surface area contributed by atoms with Crippen LogP contribution < -0.4 is 5.32 Å². The van der Waals surface area contributed by atoms with Crippen LogP contribution in [0, 0.1) is 5.82 Å². The van der Waals surface area contributed by atoms with E-state index in [1.54, 1.807) is 6.07 Å². The molecule has 5 heteroatoms. The zero-order valence-corrected chi connectivity index (χ0v) is 15.5. The van der Waals surface area contributed by atoms with Gasteiger partial charge in [-0.05, 0) is 43.0 Å². The number of likely N-dealkylation sites (tertiary alicyclic amines) is 1. The number of halogens is 2. The number of piperidine rings is 1. The number of rotatable bonds is 6. The summed E-state index contributed by atoms with van der Waals surface area (Å²) >= 11 is 5.97. The molecular formula is C21H24ClFN2O. The van der Waals surface area contributed by atoms with Crippen molar-refractivity contribution in [3.05, 3.63) is 70.5 Å². The smallest absolute Gasteiger partial charge is 0.220 e. The van der Waals surface area contributed by atoms with Gasteiger partial charge in [0.2, 0.25) is 5.91 Å². The third-order valence-corrected chi connectivity index (χ3v) is 5.07. The van der Waals surface area contributed by atoms with Crippen molar-refractivity contribution >= 4 is 17.5 Å². The van der Waals surface area contributed by atoms with E-state index in [4.69, 9.17) is 11.6 Å². The van der Waals surface area contributed by atoms with Crippen LogP contribution >= 0.6 is 11.6 Å². The molecule has 3 nitrogen and oxygen atoms in total. The van der Waals surface area contributed by atoms with Crippen molar-refractivity contribution < 1.29 is 9.18 Å². The SMILES string of the molecule is O=C(CCc1cccc(Cl)c1)NC1CCN(Cc2ccccc2F)CC1. The van der Waals surface area contributed by atoms with E-state index >= 15 is 0 Å². The molecule has 0 spiro atoms. The average Bonchev–Trinajstić information content (AvgIpc) is 2.64. The number of hydrogen-bond acceptors (Lipinski definition) is 2. The van der Waals surface area contributed by atoms with Gasteiger partial charge in [-0.2, -0.15) is 0 Å². The molecule has 1 amide bonds. The maximum atomic E-state index is 13.8. The van der Waals surface area contributed by atoms with E-state index in [9.17, 15) is 9.18 Å². The van der Waals surface area contributed by atoms with Crippen molar-refractivity contribution in [1.82, 2.24) is 10.2 Å². The third-order valence-electron chi connectivity index (χ3n) is 4.83. The van der Waals surface area contributed by atoms with Crippen LogP contribution in [0.2, 0.25) is 5.02 Å². The molecule has 0 unspecified atom stereocenters. The summed E-state index contributed by atoms with van der Waals surface area (Å²) < 4.78 is 13.8. The fourth-order valence-electron chi connectivity index (χ4n) is 3.35. The summed E-state index contributed by atoms with van der Waals surface area (Å²) in [5, 5.41) is 3.83. The molecule has 0 atom stereocenters. The Balaban J connectivity index is 1.39. The van der Waals surface area contributed by atoms with Crippen LogP contribution in [0.4, 0.5) is 4.39 Å². The Bertz CT molecular complexity index is 744. The highest BCUT2D eigenvalue weighted by atomic mass is 35.5. The molecule has 0 radical (unpaired) electrons. The Morgan fingerprint density at radius 3 is 2.65 bits per heavy atom. The van der Waals surface area contributed by atoms with Crippen LogP contribution in [0.15, 0.2) is 48.5 Å². The largest absolute Gasteiger partial charge is 0.353 e. The highest BCUT2D eigenvalue weighted by Gasteiger charge is 2.21. The molecule has 3 rings (SSSR count). The van der Waals surface area contributed by atoms with Gasteiger partial charge in [0.1, 0.15) is 5.82 Å². The molecule has 1 fully saturated rings. The van der Waals surface area contributed by atoms with Gasteiger partial charge in [0.25, 0.3) is 0 Å². The zero-order chi connectivity index (χ0) is 18.4. The predicted octanol–water partition coefficient (Wildman–Crippen LogP) is 4.19. The minimum atomic E-state index is -0.149. The zero-order valence-electron chi connectivity index (χ0n) is 14.8. The molecular weight excluding hydrogens is 351 g/mol. The van der Waals surface area contributed by atoms with E-state index in [-0.39, 0.29) is 17.8 Å². The Morgan fingerprint density at radius 1 is 1.15 bits per heavy atom. The first-order chi connectivity index (χ1) is 12.6. The first-order valence-electron chi connectivity index (χ1n) is 9.10. The predicted molar refractivity (Wildman–Crippen MR) is 103 cm³/mol. The van der Waals surface area contributed by atoms with Crippen LogP contribution in [0.1, 0.15) is 30.4 Å². The minimum absolute atomic E-state index is 0.0810. The molecule has 0 aromatic heterocycles. The average molecular weight is 375 g/mol. The molecule has 0 saturated carbocycles. The van der Waals surface area contributed by atoms with Gasteiger partial charge in [-0.3, -0.25) is 9.69 Å². The summed E-state index contributed by atoms with van der Waals surface area (Å²) in [4.78, 5) is 14.4. The van der Waals surface area contributed by atoms with E-state index in [1.807, 2.05) is 36.4 Å². The van der Waals surface area contributed by atoms with Gasteiger partial charge in [-0.15, -0.1) is 0 Å². The normalized spacial score (nSPS) is 15.8. The molecule has 0 bridgehead atoms. The number of hydrogen-bond donors (Lipinski definition) is 1. The Labute approximate surface area is 159 Å². The fraction of sp³-hybridized carbons (Fsp3) is 0.381. The monoisotopic (exact) mass is 374 g/mol. The van der Waals surface area contributed by atoms with Crippen LogP contribution in [-0.2, 0) is 17.8 Å². The number of nitrogens with zero attached hydrogens (tertiary/aromatic N) is 1. The maximum absolute atomic E-state index is 13.8. The highest BCUT2D eigenvalue weighted by Crippen LogP contribution is 2.16. The lowest BCUT2D eigenvalue weighted by Gasteiger charge is -2.32. The van der Waals surface area contributed by atoms with E-state index in [2.05, 4.69) is 10.2 Å². The van der Waals surface area contributed by atoms with Gasteiger partial charge in [-0.25, -0.2) is 4.39 Å². The topological polar surface area (TPSA) is 32.3 Å². The molecule has 1 N–H and O–H groups in total. The quantitative estimate of drug-likeness (QED) is 0.822. The van der Waals surface area contributed by atoms with Crippen molar-refractivity contribution in [3.8, 4) is 0 Å². The molecule has 1 saturated heterocycles. The molecule has 2 aromatic carbocycles. The van der Waals surface area contributed by atoms with Crippen LogP contribution in [0.5, 0.6) is 0 Å². The summed E-state index contributed by atoms with van der Waals surface area (Å²) in [7, 11) is 0. The number of amides is 1. The highest BCUT2D eigenvalue weighted by molar-refractivity contribution is 6.30. The van der Waals surface area contributed by atoms with Gasteiger partial charge >= 0.3 is 0 Å². The number of benzene rings is 2. The molecule has 1 aliphatic heterocycles. The van der Waals surface area contributed by atoms with Crippen molar-refractivity contribution in [1.29, 1.82) is 0 Å². The summed E-state index contributed by atoms with van der Waals surface area (Å²) in [6, 6.07) is 14.7. The van der Waals surface area contributed by atoms with Crippen LogP contribution in [0.3, 0.4) is 0 Å². The Kier molecular flexibility index (Phi) is 6.64. The van der Waals surface area contributed by atoms with Gasteiger partial charge < -0.3 is 5.32 Å². The van der Waals surface area contributed by atoms with Crippen molar-refractivity contribution in [2.75, 3.05) is 13.1 Å². The lowest BCUT2D eigenvalue weighted by molar-refractivity contribution is -0.122.